The molecule has 5 heteroatoms. The van der Waals surface area contributed by atoms with Crippen molar-refractivity contribution in [3.05, 3.63) is 29.8 Å². The number of rotatable bonds is 3. The van der Waals surface area contributed by atoms with Gasteiger partial charge in [0.25, 0.3) is 0 Å². The number of hydrogen-bond acceptors (Lipinski definition) is 3. The van der Waals surface area contributed by atoms with Gasteiger partial charge in [-0.2, -0.15) is 0 Å². The van der Waals surface area contributed by atoms with E-state index in [1.165, 1.54) is 0 Å². The Hall–Kier alpha value is -0.480. The zero-order valence-electron chi connectivity index (χ0n) is 7.32. The predicted molar refractivity (Wildman–Crippen MR) is 58.5 cm³/mol. The van der Waals surface area contributed by atoms with Crippen molar-refractivity contribution in [1.29, 1.82) is 0 Å². The number of nitrogens with two attached hydrogens (primary N) is 1. The molecule has 76 valence electrons. The Morgan fingerprint density at radius 1 is 1.31 bits per heavy atom. The molecule has 0 radical (unpaired) electrons. The molecule has 0 saturated heterocycles. The highest BCUT2D eigenvalue weighted by atomic mass is 35.5. The van der Waals surface area contributed by atoms with Gasteiger partial charge in [0.05, 0.1) is 7.11 Å². The molecule has 3 N–H and O–H groups in total. The van der Waals surface area contributed by atoms with Crippen LogP contribution in [0.25, 0.3) is 0 Å². The van der Waals surface area contributed by atoms with Gasteiger partial charge in [0.2, 0.25) is 0 Å². The molecule has 0 amide bonds. The Balaban J connectivity index is 0. The molecule has 0 bridgehead atoms. The smallest absolute Gasteiger partial charge is 0.123 e. The number of nitrogens with one attached hydrogen (secondary N) is 1. The number of hydrazine groups is 1. The molecular weight excluding hydrogens is 211 g/mol. The van der Waals surface area contributed by atoms with Crippen molar-refractivity contribution >= 4 is 24.8 Å². The van der Waals surface area contributed by atoms with E-state index in [1.54, 1.807) is 7.11 Å². The van der Waals surface area contributed by atoms with Crippen LogP contribution in [0.1, 0.15) is 5.56 Å². The summed E-state index contributed by atoms with van der Waals surface area (Å²) in [6.07, 6.45) is 0. The van der Waals surface area contributed by atoms with Gasteiger partial charge < -0.3 is 4.74 Å². The third-order valence-electron chi connectivity index (χ3n) is 1.49. The minimum Gasteiger partial charge on any atom is -0.496 e. The van der Waals surface area contributed by atoms with Gasteiger partial charge in [-0.15, -0.1) is 24.8 Å². The molecule has 0 atom stereocenters. The summed E-state index contributed by atoms with van der Waals surface area (Å²) in [5.41, 5.74) is 3.65. The maximum absolute atomic E-state index is 5.18. The summed E-state index contributed by atoms with van der Waals surface area (Å²) < 4.78 is 5.10. The topological polar surface area (TPSA) is 47.3 Å². The molecule has 1 rings (SSSR count). The molecule has 0 aliphatic rings. The fraction of sp³-hybridized carbons (Fsp3) is 0.250. The Morgan fingerprint density at radius 2 is 1.92 bits per heavy atom. The zero-order chi connectivity index (χ0) is 8.10. The van der Waals surface area contributed by atoms with Crippen molar-refractivity contribution in [3.8, 4) is 5.75 Å². The van der Waals surface area contributed by atoms with Crippen molar-refractivity contribution in [2.24, 2.45) is 5.84 Å². The second-order valence-corrected chi connectivity index (χ2v) is 2.19. The summed E-state index contributed by atoms with van der Waals surface area (Å²) in [5, 5.41) is 0. The van der Waals surface area contributed by atoms with Crippen LogP contribution in [0.15, 0.2) is 24.3 Å². The Morgan fingerprint density at radius 3 is 2.46 bits per heavy atom. The standard InChI is InChI=1S/C8H12N2O.2ClH/c1-11-8-5-3-2-4-7(8)6-10-9;;/h2-5,10H,6,9H2,1H3;2*1H. The second kappa shape index (κ2) is 8.13. The van der Waals surface area contributed by atoms with Gasteiger partial charge in [-0.25, -0.2) is 0 Å². The van der Waals surface area contributed by atoms with Crippen molar-refractivity contribution in [2.45, 2.75) is 6.54 Å². The predicted octanol–water partition coefficient (Wildman–Crippen LogP) is 1.50. The molecule has 0 aliphatic heterocycles. The minimum absolute atomic E-state index is 0. The normalized spacial score (nSPS) is 8.15. The summed E-state index contributed by atoms with van der Waals surface area (Å²) in [6.45, 7) is 0.629. The van der Waals surface area contributed by atoms with Gasteiger partial charge >= 0.3 is 0 Å². The van der Waals surface area contributed by atoms with Crippen LogP contribution in [-0.2, 0) is 6.54 Å². The number of hydrogen-bond donors (Lipinski definition) is 2. The Labute approximate surface area is 90.4 Å². The van der Waals surface area contributed by atoms with E-state index in [-0.39, 0.29) is 24.8 Å². The average Bonchev–Trinajstić information content (AvgIpc) is 2.06. The third-order valence-corrected chi connectivity index (χ3v) is 1.49. The number of benzene rings is 1. The van der Waals surface area contributed by atoms with E-state index in [1.807, 2.05) is 24.3 Å². The highest BCUT2D eigenvalue weighted by Gasteiger charge is 1.97. The van der Waals surface area contributed by atoms with E-state index in [2.05, 4.69) is 5.43 Å². The summed E-state index contributed by atoms with van der Waals surface area (Å²) in [7, 11) is 1.65. The fourth-order valence-corrected chi connectivity index (χ4v) is 0.959. The van der Waals surface area contributed by atoms with E-state index in [9.17, 15) is 0 Å². The van der Waals surface area contributed by atoms with E-state index < -0.39 is 0 Å². The molecule has 0 aromatic heterocycles. The van der Waals surface area contributed by atoms with Crippen molar-refractivity contribution in [2.75, 3.05) is 7.11 Å². The summed E-state index contributed by atoms with van der Waals surface area (Å²) in [5.74, 6) is 6.04. The fourth-order valence-electron chi connectivity index (χ4n) is 0.959. The molecule has 1 aromatic carbocycles. The Bertz CT molecular complexity index is 233. The monoisotopic (exact) mass is 224 g/mol. The minimum atomic E-state index is 0. The Kier molecular flexibility index (Phi) is 9.39. The number of para-hydroxylation sites is 1. The molecule has 0 unspecified atom stereocenters. The molecule has 0 saturated carbocycles. The number of methoxy groups -OCH3 is 1. The lowest BCUT2D eigenvalue weighted by atomic mass is 10.2. The van der Waals surface area contributed by atoms with Crippen LogP contribution >= 0.6 is 24.8 Å². The highest BCUT2D eigenvalue weighted by molar-refractivity contribution is 5.85. The number of ether oxygens (including phenoxy) is 1. The van der Waals surface area contributed by atoms with E-state index in [0.717, 1.165) is 11.3 Å². The quantitative estimate of drug-likeness (QED) is 0.605. The largest absolute Gasteiger partial charge is 0.496 e. The van der Waals surface area contributed by atoms with Gasteiger partial charge in [-0.05, 0) is 6.07 Å². The zero-order valence-corrected chi connectivity index (χ0v) is 8.95. The second-order valence-electron chi connectivity index (χ2n) is 2.19. The van der Waals surface area contributed by atoms with Crippen molar-refractivity contribution in [3.63, 3.8) is 0 Å². The molecule has 0 spiro atoms. The van der Waals surface area contributed by atoms with Crippen molar-refractivity contribution < 1.29 is 4.74 Å². The molecule has 13 heavy (non-hydrogen) atoms. The van der Waals surface area contributed by atoms with Crippen LogP contribution in [0.5, 0.6) is 5.75 Å². The van der Waals surface area contributed by atoms with Crippen LogP contribution in [0.3, 0.4) is 0 Å². The van der Waals surface area contributed by atoms with Crippen LogP contribution in [-0.4, -0.2) is 7.11 Å². The lowest BCUT2D eigenvalue weighted by molar-refractivity contribution is 0.408. The van der Waals surface area contributed by atoms with E-state index in [4.69, 9.17) is 10.6 Å². The molecule has 3 nitrogen and oxygen atoms in total. The van der Waals surface area contributed by atoms with Crippen LogP contribution in [0, 0.1) is 0 Å². The van der Waals surface area contributed by atoms with E-state index in [0.29, 0.717) is 6.54 Å². The first kappa shape index (κ1) is 15.0. The maximum atomic E-state index is 5.18. The first-order valence-corrected chi connectivity index (χ1v) is 3.44. The van der Waals surface area contributed by atoms with Gasteiger partial charge in [0.15, 0.2) is 0 Å². The lowest BCUT2D eigenvalue weighted by Gasteiger charge is -2.05. The molecular formula is C8H14Cl2N2O. The first-order chi connectivity index (χ1) is 5.38. The van der Waals surface area contributed by atoms with Crippen LogP contribution in [0.4, 0.5) is 0 Å². The maximum Gasteiger partial charge on any atom is 0.123 e. The molecule has 0 fully saturated rings. The SMILES string of the molecule is COc1ccccc1CNN.Cl.Cl. The summed E-state index contributed by atoms with van der Waals surface area (Å²) in [6, 6.07) is 7.76. The lowest BCUT2D eigenvalue weighted by Crippen LogP contribution is -2.21. The van der Waals surface area contributed by atoms with Gasteiger partial charge in [-0.1, -0.05) is 18.2 Å². The molecule has 1 aromatic rings. The third kappa shape index (κ3) is 4.33. The number of halogens is 2. The van der Waals surface area contributed by atoms with E-state index >= 15 is 0 Å². The van der Waals surface area contributed by atoms with Crippen LogP contribution in [0.2, 0.25) is 0 Å². The van der Waals surface area contributed by atoms with Crippen molar-refractivity contribution in [1.82, 2.24) is 5.43 Å². The first-order valence-electron chi connectivity index (χ1n) is 3.44. The average molecular weight is 225 g/mol. The van der Waals surface area contributed by atoms with Gasteiger partial charge in [0, 0.05) is 12.1 Å². The van der Waals surface area contributed by atoms with Gasteiger partial charge in [0.1, 0.15) is 5.75 Å². The van der Waals surface area contributed by atoms with Crippen LogP contribution < -0.4 is 16.0 Å². The summed E-state index contributed by atoms with van der Waals surface area (Å²) in [4.78, 5) is 0. The summed E-state index contributed by atoms with van der Waals surface area (Å²) >= 11 is 0. The molecule has 0 heterocycles. The highest BCUT2D eigenvalue weighted by Crippen LogP contribution is 2.15. The molecule has 0 aliphatic carbocycles. The van der Waals surface area contributed by atoms with Gasteiger partial charge in [-0.3, -0.25) is 11.3 Å².